The molecule has 0 atom stereocenters. The largest absolute Gasteiger partial charge is 0.317 e. The first-order chi connectivity index (χ1) is 8.07. The second-order valence-corrected chi connectivity index (χ2v) is 5.46. The summed E-state index contributed by atoms with van der Waals surface area (Å²) in [5.41, 5.74) is 2.85. The first-order valence-electron chi connectivity index (χ1n) is 6.72. The summed E-state index contributed by atoms with van der Waals surface area (Å²) in [4.78, 5) is 4.54. The first kappa shape index (κ1) is 14.2. The van der Waals surface area contributed by atoms with Gasteiger partial charge in [0.2, 0.25) is 0 Å². The van der Waals surface area contributed by atoms with Crippen LogP contribution in [0.5, 0.6) is 0 Å². The maximum Gasteiger partial charge on any atom is 0.0409 e. The quantitative estimate of drug-likeness (QED) is 0.733. The van der Waals surface area contributed by atoms with Crippen molar-refractivity contribution in [1.82, 2.24) is 10.3 Å². The van der Waals surface area contributed by atoms with E-state index >= 15 is 0 Å². The van der Waals surface area contributed by atoms with Gasteiger partial charge in [0.05, 0.1) is 0 Å². The fraction of sp³-hybridized carbons (Fsp3) is 0.667. The zero-order valence-corrected chi connectivity index (χ0v) is 11.7. The minimum absolute atomic E-state index is 0.322. The Kier molecular flexibility index (Phi) is 5.63. The van der Waals surface area contributed by atoms with Crippen LogP contribution in [-0.4, -0.2) is 18.1 Å². The Morgan fingerprint density at radius 3 is 2.53 bits per heavy atom. The van der Waals surface area contributed by atoms with Crippen LogP contribution in [0.3, 0.4) is 0 Å². The summed E-state index contributed by atoms with van der Waals surface area (Å²) in [6.07, 6.45) is 5.33. The molecule has 0 aliphatic rings. The molecule has 2 nitrogen and oxygen atoms in total. The van der Waals surface area contributed by atoms with Crippen molar-refractivity contribution in [2.45, 2.75) is 47.0 Å². The lowest BCUT2D eigenvalue weighted by Gasteiger charge is -2.24. The van der Waals surface area contributed by atoms with Gasteiger partial charge in [-0.2, -0.15) is 0 Å². The van der Waals surface area contributed by atoms with Gasteiger partial charge >= 0.3 is 0 Å². The molecule has 17 heavy (non-hydrogen) atoms. The van der Waals surface area contributed by atoms with Gasteiger partial charge in [-0.1, -0.05) is 33.8 Å². The Balaban J connectivity index is 2.50. The molecule has 2 heteroatoms. The average molecular weight is 234 g/mol. The summed E-state index contributed by atoms with van der Waals surface area (Å²) < 4.78 is 0. The molecule has 1 aromatic rings. The molecule has 0 aliphatic heterocycles. The summed E-state index contributed by atoms with van der Waals surface area (Å²) in [5.74, 6) is 0. The van der Waals surface area contributed by atoms with Crippen LogP contribution >= 0.6 is 0 Å². The van der Waals surface area contributed by atoms with E-state index in [2.05, 4.69) is 50.1 Å². The summed E-state index contributed by atoms with van der Waals surface area (Å²) >= 11 is 0. The van der Waals surface area contributed by atoms with Crippen molar-refractivity contribution in [3.05, 3.63) is 29.6 Å². The van der Waals surface area contributed by atoms with Gasteiger partial charge in [-0.25, -0.2) is 0 Å². The van der Waals surface area contributed by atoms with Crippen LogP contribution < -0.4 is 5.32 Å². The highest BCUT2D eigenvalue weighted by Gasteiger charge is 2.18. The number of aryl methyl sites for hydroxylation is 1. The second kappa shape index (κ2) is 6.75. The number of nitrogens with zero attached hydrogens (tertiary/aromatic N) is 1. The minimum atomic E-state index is 0.322. The van der Waals surface area contributed by atoms with E-state index in [1.54, 1.807) is 0 Å². The molecule has 0 bridgehead atoms. The van der Waals surface area contributed by atoms with Crippen molar-refractivity contribution in [3.8, 4) is 0 Å². The summed E-state index contributed by atoms with van der Waals surface area (Å²) in [5, 5.41) is 3.39. The number of rotatable bonds is 7. The van der Waals surface area contributed by atoms with E-state index in [0.29, 0.717) is 5.41 Å². The molecule has 1 N–H and O–H groups in total. The maximum atomic E-state index is 4.54. The molecule has 0 radical (unpaired) electrons. The van der Waals surface area contributed by atoms with Gasteiger partial charge in [-0.15, -0.1) is 0 Å². The van der Waals surface area contributed by atoms with Crippen LogP contribution in [0.2, 0.25) is 0 Å². The highest BCUT2D eigenvalue weighted by molar-refractivity contribution is 5.14. The molecule has 1 heterocycles. The first-order valence-corrected chi connectivity index (χ1v) is 6.72. The fourth-order valence-electron chi connectivity index (χ4n) is 1.95. The molecule has 0 fully saturated rings. The fourth-order valence-corrected chi connectivity index (χ4v) is 1.95. The van der Waals surface area contributed by atoms with Gasteiger partial charge in [0.25, 0.3) is 0 Å². The van der Waals surface area contributed by atoms with Gasteiger partial charge < -0.3 is 5.32 Å². The van der Waals surface area contributed by atoms with Crippen molar-refractivity contribution >= 4 is 0 Å². The lowest BCUT2D eigenvalue weighted by atomic mass is 9.84. The molecule has 0 aromatic carbocycles. The molecular weight excluding hydrogens is 208 g/mol. The molecular formula is C15H26N2. The number of nitrogens with one attached hydrogen (secondary N) is 1. The standard InChI is InChI=1S/C15H26N2/c1-5-13-7-8-14(17-12-13)11-15(3,4)9-10-16-6-2/h7-8,12,16H,5-6,9-11H2,1-4H3. The predicted molar refractivity (Wildman–Crippen MR) is 74.3 cm³/mol. The summed E-state index contributed by atoms with van der Waals surface area (Å²) in [6, 6.07) is 4.37. The van der Waals surface area contributed by atoms with E-state index in [-0.39, 0.29) is 0 Å². The Hall–Kier alpha value is -0.890. The van der Waals surface area contributed by atoms with E-state index in [1.165, 1.54) is 17.7 Å². The van der Waals surface area contributed by atoms with E-state index in [9.17, 15) is 0 Å². The van der Waals surface area contributed by atoms with Gasteiger partial charge in [-0.05, 0) is 49.4 Å². The van der Waals surface area contributed by atoms with E-state index in [0.717, 1.165) is 25.9 Å². The van der Waals surface area contributed by atoms with Crippen LogP contribution in [0.25, 0.3) is 0 Å². The molecule has 0 aliphatic carbocycles. The molecule has 1 aromatic heterocycles. The van der Waals surface area contributed by atoms with E-state index < -0.39 is 0 Å². The molecule has 96 valence electrons. The van der Waals surface area contributed by atoms with Gasteiger partial charge in [0.15, 0.2) is 0 Å². The molecule has 0 amide bonds. The van der Waals surface area contributed by atoms with E-state index in [1.807, 2.05) is 6.20 Å². The van der Waals surface area contributed by atoms with Crippen LogP contribution in [0, 0.1) is 5.41 Å². The molecule has 0 saturated carbocycles. The highest BCUT2D eigenvalue weighted by atomic mass is 14.8. The molecule has 0 saturated heterocycles. The summed E-state index contributed by atoms with van der Waals surface area (Å²) in [6.45, 7) is 11.1. The normalized spacial score (nSPS) is 11.8. The van der Waals surface area contributed by atoms with Crippen LogP contribution in [0.15, 0.2) is 18.3 Å². The third kappa shape index (κ3) is 5.31. The Morgan fingerprint density at radius 2 is 2.00 bits per heavy atom. The third-order valence-electron chi connectivity index (χ3n) is 3.18. The number of aromatic nitrogens is 1. The Morgan fingerprint density at radius 1 is 1.24 bits per heavy atom. The molecule has 0 spiro atoms. The second-order valence-electron chi connectivity index (χ2n) is 5.46. The monoisotopic (exact) mass is 234 g/mol. The minimum Gasteiger partial charge on any atom is -0.317 e. The number of pyridine rings is 1. The third-order valence-corrected chi connectivity index (χ3v) is 3.18. The van der Waals surface area contributed by atoms with E-state index in [4.69, 9.17) is 0 Å². The van der Waals surface area contributed by atoms with Crippen molar-refractivity contribution < 1.29 is 0 Å². The SMILES string of the molecule is CCNCCC(C)(C)Cc1ccc(CC)cn1. The lowest BCUT2D eigenvalue weighted by molar-refractivity contribution is 0.323. The average Bonchev–Trinajstić information content (AvgIpc) is 2.30. The van der Waals surface area contributed by atoms with Gasteiger partial charge in [0, 0.05) is 11.9 Å². The van der Waals surface area contributed by atoms with Crippen molar-refractivity contribution in [2.75, 3.05) is 13.1 Å². The van der Waals surface area contributed by atoms with Gasteiger partial charge in [-0.3, -0.25) is 4.98 Å². The van der Waals surface area contributed by atoms with Crippen molar-refractivity contribution in [1.29, 1.82) is 0 Å². The predicted octanol–water partition coefficient (Wildman–Crippen LogP) is 3.21. The topological polar surface area (TPSA) is 24.9 Å². The number of hydrogen-bond acceptors (Lipinski definition) is 2. The van der Waals surface area contributed by atoms with Gasteiger partial charge in [0.1, 0.15) is 0 Å². The Bertz CT molecular complexity index is 314. The van der Waals surface area contributed by atoms with Crippen LogP contribution in [-0.2, 0) is 12.8 Å². The zero-order valence-electron chi connectivity index (χ0n) is 11.7. The van der Waals surface area contributed by atoms with Crippen LogP contribution in [0.1, 0.15) is 45.4 Å². The summed E-state index contributed by atoms with van der Waals surface area (Å²) in [7, 11) is 0. The van der Waals surface area contributed by atoms with Crippen LogP contribution in [0.4, 0.5) is 0 Å². The highest BCUT2D eigenvalue weighted by Crippen LogP contribution is 2.24. The molecule has 0 unspecified atom stereocenters. The van der Waals surface area contributed by atoms with Crippen molar-refractivity contribution in [3.63, 3.8) is 0 Å². The van der Waals surface area contributed by atoms with Crippen molar-refractivity contribution in [2.24, 2.45) is 5.41 Å². The maximum absolute atomic E-state index is 4.54. The zero-order chi connectivity index (χ0) is 12.7. The number of hydrogen-bond donors (Lipinski definition) is 1. The molecule has 1 rings (SSSR count). The smallest absolute Gasteiger partial charge is 0.0409 e. The lowest BCUT2D eigenvalue weighted by Crippen LogP contribution is -2.24. The Labute approximate surface area is 106 Å².